The molecule has 29 heavy (non-hydrogen) atoms. The molecule has 148 valence electrons. The molecule has 2 heterocycles. The summed E-state index contributed by atoms with van der Waals surface area (Å²) in [7, 11) is 0. The number of hydrogen-bond acceptors (Lipinski definition) is 5. The van der Waals surface area contributed by atoms with E-state index in [1.165, 1.54) is 11.3 Å². The Morgan fingerprint density at radius 2 is 1.90 bits per heavy atom. The van der Waals surface area contributed by atoms with E-state index >= 15 is 0 Å². The number of benzene rings is 2. The third-order valence-corrected chi connectivity index (χ3v) is 6.04. The zero-order chi connectivity index (χ0) is 20.4. The van der Waals surface area contributed by atoms with Crippen molar-refractivity contribution in [3.05, 3.63) is 69.7 Å². The summed E-state index contributed by atoms with van der Waals surface area (Å²) < 4.78 is 0. The summed E-state index contributed by atoms with van der Waals surface area (Å²) in [6.45, 7) is 2.54. The number of halogens is 1. The molecule has 1 atom stereocenters. The number of carbonyl (C=O) groups is 2. The second-order valence-corrected chi connectivity index (χ2v) is 8.48. The smallest absolute Gasteiger partial charge is 0.230 e. The lowest BCUT2D eigenvalue weighted by Crippen LogP contribution is -2.24. The average Bonchev–Trinajstić information content (AvgIpc) is 3.31. The molecule has 4 rings (SSSR count). The highest BCUT2D eigenvalue weighted by molar-refractivity contribution is 7.15. The van der Waals surface area contributed by atoms with Crippen molar-refractivity contribution >= 4 is 45.6 Å². The fraction of sp³-hybridized carbons (Fsp3) is 0.238. The normalized spacial score (nSPS) is 16.3. The maximum Gasteiger partial charge on any atom is 0.230 e. The number of anilines is 2. The molecule has 1 aliphatic rings. The molecule has 1 fully saturated rings. The Morgan fingerprint density at radius 3 is 2.62 bits per heavy atom. The van der Waals surface area contributed by atoms with Crippen molar-refractivity contribution < 1.29 is 9.59 Å². The summed E-state index contributed by atoms with van der Waals surface area (Å²) in [5.74, 6) is -0.141. The molecule has 3 aromatic rings. The standard InChI is InChI=1S/C21H19ClN4O2S/c1-13-2-4-14(5-3-13)10-18(27)23-21-25-24-20(29-21)15-11-19(28)26(12-15)17-8-6-16(22)7-9-17/h2-9,15H,10-12H2,1H3,(H,23,25,27). The van der Waals surface area contributed by atoms with Crippen LogP contribution >= 0.6 is 22.9 Å². The summed E-state index contributed by atoms with van der Waals surface area (Å²) in [6, 6.07) is 15.0. The summed E-state index contributed by atoms with van der Waals surface area (Å²) in [6.07, 6.45) is 0.649. The Morgan fingerprint density at radius 1 is 1.17 bits per heavy atom. The Hall–Kier alpha value is -2.77. The maximum absolute atomic E-state index is 12.4. The summed E-state index contributed by atoms with van der Waals surface area (Å²) in [4.78, 5) is 26.4. The molecule has 1 aromatic heterocycles. The fourth-order valence-corrected chi connectivity index (χ4v) is 4.23. The van der Waals surface area contributed by atoms with E-state index in [9.17, 15) is 9.59 Å². The molecular formula is C21H19ClN4O2S. The van der Waals surface area contributed by atoms with Gasteiger partial charge in [0.15, 0.2) is 0 Å². The molecule has 0 radical (unpaired) electrons. The number of hydrogen-bond donors (Lipinski definition) is 1. The van der Waals surface area contributed by atoms with Crippen LogP contribution in [0.1, 0.15) is 28.5 Å². The second kappa shape index (κ2) is 8.31. The van der Waals surface area contributed by atoms with Gasteiger partial charge in [-0.1, -0.05) is 52.8 Å². The number of nitrogens with one attached hydrogen (secondary N) is 1. The third kappa shape index (κ3) is 4.63. The van der Waals surface area contributed by atoms with Gasteiger partial charge in [-0.15, -0.1) is 10.2 Å². The molecule has 0 spiro atoms. The molecule has 1 aliphatic heterocycles. The Labute approximate surface area is 177 Å². The van der Waals surface area contributed by atoms with Gasteiger partial charge in [-0.2, -0.15) is 0 Å². The van der Waals surface area contributed by atoms with Gasteiger partial charge < -0.3 is 10.2 Å². The van der Waals surface area contributed by atoms with E-state index in [1.807, 2.05) is 43.3 Å². The predicted molar refractivity (Wildman–Crippen MR) is 115 cm³/mol. The van der Waals surface area contributed by atoms with Crippen molar-refractivity contribution in [3.8, 4) is 0 Å². The fourth-order valence-electron chi connectivity index (χ4n) is 3.25. The minimum absolute atomic E-state index is 0.0393. The van der Waals surface area contributed by atoms with Gasteiger partial charge in [0.05, 0.1) is 6.42 Å². The number of nitrogens with zero attached hydrogens (tertiary/aromatic N) is 3. The van der Waals surface area contributed by atoms with Gasteiger partial charge in [-0.3, -0.25) is 9.59 Å². The molecule has 1 unspecified atom stereocenters. The molecule has 1 saturated heterocycles. The van der Waals surface area contributed by atoms with E-state index in [2.05, 4.69) is 15.5 Å². The van der Waals surface area contributed by atoms with Crippen LogP contribution in [0.25, 0.3) is 0 Å². The Bertz CT molecular complexity index is 1030. The number of aromatic nitrogens is 2. The number of rotatable bonds is 5. The Kier molecular flexibility index (Phi) is 5.60. The molecule has 2 aromatic carbocycles. The van der Waals surface area contributed by atoms with Gasteiger partial charge in [-0.25, -0.2) is 0 Å². The van der Waals surface area contributed by atoms with Crippen LogP contribution in [0.4, 0.5) is 10.8 Å². The first kappa shape index (κ1) is 19.5. The Balaban J connectivity index is 1.38. The first-order valence-corrected chi connectivity index (χ1v) is 10.4. The van der Waals surface area contributed by atoms with Crippen LogP contribution in [0.15, 0.2) is 48.5 Å². The van der Waals surface area contributed by atoms with Crippen molar-refractivity contribution in [2.45, 2.75) is 25.7 Å². The minimum atomic E-state index is -0.137. The SMILES string of the molecule is Cc1ccc(CC(=O)Nc2nnc(C3CC(=O)N(c4ccc(Cl)cc4)C3)s2)cc1. The number of carbonyl (C=O) groups excluding carboxylic acids is 2. The van der Waals surface area contributed by atoms with Crippen molar-refractivity contribution in [2.24, 2.45) is 0 Å². The molecule has 0 aliphatic carbocycles. The predicted octanol–water partition coefficient (Wildman–Crippen LogP) is 4.20. The van der Waals surface area contributed by atoms with Gasteiger partial charge in [0.1, 0.15) is 5.01 Å². The molecule has 0 bridgehead atoms. The molecule has 8 heteroatoms. The minimum Gasteiger partial charge on any atom is -0.312 e. The summed E-state index contributed by atoms with van der Waals surface area (Å²) in [5, 5.41) is 12.9. The molecule has 2 amide bonds. The third-order valence-electron chi connectivity index (χ3n) is 4.78. The van der Waals surface area contributed by atoms with Crippen molar-refractivity contribution in [1.82, 2.24) is 10.2 Å². The van der Waals surface area contributed by atoms with Crippen LogP contribution in [0.5, 0.6) is 0 Å². The largest absolute Gasteiger partial charge is 0.312 e. The first-order chi connectivity index (χ1) is 14.0. The molecule has 1 N–H and O–H groups in total. The molecular weight excluding hydrogens is 408 g/mol. The van der Waals surface area contributed by atoms with E-state index in [0.29, 0.717) is 23.1 Å². The molecule has 6 nitrogen and oxygen atoms in total. The summed E-state index contributed by atoms with van der Waals surface area (Å²) in [5.41, 5.74) is 2.91. The highest BCUT2D eigenvalue weighted by Crippen LogP contribution is 2.34. The van der Waals surface area contributed by atoms with E-state index in [0.717, 1.165) is 21.8 Å². The van der Waals surface area contributed by atoms with E-state index in [1.54, 1.807) is 17.0 Å². The van der Waals surface area contributed by atoms with Crippen LogP contribution in [-0.2, 0) is 16.0 Å². The van der Waals surface area contributed by atoms with Gasteiger partial charge in [0.2, 0.25) is 16.9 Å². The van der Waals surface area contributed by atoms with Crippen molar-refractivity contribution in [3.63, 3.8) is 0 Å². The average molecular weight is 427 g/mol. The van der Waals surface area contributed by atoms with Crippen LogP contribution in [-0.4, -0.2) is 28.6 Å². The van der Waals surface area contributed by atoms with Gasteiger partial charge in [-0.05, 0) is 36.8 Å². The zero-order valence-electron chi connectivity index (χ0n) is 15.8. The molecule has 0 saturated carbocycles. The lowest BCUT2D eigenvalue weighted by atomic mass is 10.1. The highest BCUT2D eigenvalue weighted by Gasteiger charge is 2.34. The number of amides is 2. The van der Waals surface area contributed by atoms with Crippen LogP contribution in [0, 0.1) is 6.92 Å². The highest BCUT2D eigenvalue weighted by atomic mass is 35.5. The van der Waals surface area contributed by atoms with Crippen molar-refractivity contribution in [1.29, 1.82) is 0 Å². The second-order valence-electron chi connectivity index (χ2n) is 7.04. The zero-order valence-corrected chi connectivity index (χ0v) is 17.3. The maximum atomic E-state index is 12.4. The first-order valence-electron chi connectivity index (χ1n) is 9.22. The van der Waals surface area contributed by atoms with Crippen molar-refractivity contribution in [2.75, 3.05) is 16.8 Å². The monoisotopic (exact) mass is 426 g/mol. The van der Waals surface area contributed by atoms with Gasteiger partial charge >= 0.3 is 0 Å². The van der Waals surface area contributed by atoms with E-state index in [4.69, 9.17) is 11.6 Å². The summed E-state index contributed by atoms with van der Waals surface area (Å²) >= 11 is 7.25. The van der Waals surface area contributed by atoms with E-state index in [-0.39, 0.29) is 24.2 Å². The number of aryl methyl sites for hydroxylation is 1. The van der Waals surface area contributed by atoms with Gasteiger partial charge in [0, 0.05) is 29.6 Å². The van der Waals surface area contributed by atoms with Crippen LogP contribution in [0.2, 0.25) is 5.02 Å². The van der Waals surface area contributed by atoms with Crippen LogP contribution < -0.4 is 10.2 Å². The van der Waals surface area contributed by atoms with E-state index < -0.39 is 0 Å². The topological polar surface area (TPSA) is 75.2 Å². The van der Waals surface area contributed by atoms with Crippen LogP contribution in [0.3, 0.4) is 0 Å². The van der Waals surface area contributed by atoms with Gasteiger partial charge in [0.25, 0.3) is 0 Å². The lowest BCUT2D eigenvalue weighted by molar-refractivity contribution is -0.117. The lowest BCUT2D eigenvalue weighted by Gasteiger charge is -2.16. The quantitative estimate of drug-likeness (QED) is 0.663.